The summed E-state index contributed by atoms with van der Waals surface area (Å²) in [6, 6.07) is 5.59. The third-order valence-corrected chi connectivity index (χ3v) is 2.62. The molecule has 0 unspecified atom stereocenters. The van der Waals surface area contributed by atoms with Gasteiger partial charge in [-0.2, -0.15) is 0 Å². The van der Waals surface area contributed by atoms with E-state index >= 15 is 0 Å². The van der Waals surface area contributed by atoms with Gasteiger partial charge in [0, 0.05) is 6.04 Å². The Kier molecular flexibility index (Phi) is 3.53. The molecule has 0 amide bonds. The van der Waals surface area contributed by atoms with Gasteiger partial charge < -0.3 is 10.8 Å². The molecule has 0 bridgehead atoms. The Morgan fingerprint density at radius 2 is 2.00 bits per heavy atom. The van der Waals surface area contributed by atoms with Gasteiger partial charge in [-0.05, 0) is 29.5 Å². The van der Waals surface area contributed by atoms with E-state index in [0.29, 0.717) is 11.7 Å². The molecule has 1 aromatic carbocycles. The summed E-state index contributed by atoms with van der Waals surface area (Å²) in [6.07, 6.45) is 0.822. The van der Waals surface area contributed by atoms with Crippen LogP contribution in [0.1, 0.15) is 37.9 Å². The average Bonchev–Trinajstić information content (AvgIpc) is 2.16. The molecule has 0 fully saturated rings. The zero-order valence-electron chi connectivity index (χ0n) is 9.12. The summed E-state index contributed by atoms with van der Waals surface area (Å²) >= 11 is 0. The fourth-order valence-corrected chi connectivity index (χ4v) is 1.65. The molecule has 0 saturated carbocycles. The van der Waals surface area contributed by atoms with E-state index in [4.69, 9.17) is 5.73 Å². The predicted molar refractivity (Wildman–Crippen MR) is 59.3 cm³/mol. The SMILES string of the molecule is CCc1c(O)cccc1[C@H](N)C(C)C. The van der Waals surface area contributed by atoms with Crippen LogP contribution in [-0.2, 0) is 6.42 Å². The van der Waals surface area contributed by atoms with E-state index < -0.39 is 0 Å². The summed E-state index contributed by atoms with van der Waals surface area (Å²) in [7, 11) is 0. The molecule has 2 heteroatoms. The van der Waals surface area contributed by atoms with Crippen LogP contribution in [0.3, 0.4) is 0 Å². The molecule has 0 spiro atoms. The van der Waals surface area contributed by atoms with Gasteiger partial charge in [-0.1, -0.05) is 32.9 Å². The van der Waals surface area contributed by atoms with E-state index in [-0.39, 0.29) is 6.04 Å². The summed E-state index contributed by atoms with van der Waals surface area (Å²) in [5.41, 5.74) is 8.12. The van der Waals surface area contributed by atoms with Crippen molar-refractivity contribution in [3.05, 3.63) is 29.3 Å². The first-order valence-corrected chi connectivity index (χ1v) is 5.14. The van der Waals surface area contributed by atoms with Crippen LogP contribution < -0.4 is 5.73 Å². The van der Waals surface area contributed by atoms with E-state index in [0.717, 1.165) is 17.5 Å². The van der Waals surface area contributed by atoms with Crippen LogP contribution in [0.15, 0.2) is 18.2 Å². The molecule has 2 nitrogen and oxygen atoms in total. The Morgan fingerprint density at radius 1 is 1.36 bits per heavy atom. The van der Waals surface area contributed by atoms with Gasteiger partial charge in [0.2, 0.25) is 0 Å². The van der Waals surface area contributed by atoms with Crippen LogP contribution in [0, 0.1) is 5.92 Å². The highest BCUT2D eigenvalue weighted by Crippen LogP contribution is 2.28. The van der Waals surface area contributed by atoms with E-state index in [2.05, 4.69) is 13.8 Å². The van der Waals surface area contributed by atoms with Crippen LogP contribution in [0.4, 0.5) is 0 Å². The van der Waals surface area contributed by atoms with Gasteiger partial charge in [-0.3, -0.25) is 0 Å². The highest BCUT2D eigenvalue weighted by molar-refractivity contribution is 5.41. The number of rotatable bonds is 3. The van der Waals surface area contributed by atoms with Crippen molar-refractivity contribution in [1.29, 1.82) is 0 Å². The van der Waals surface area contributed by atoms with Crippen molar-refractivity contribution in [2.45, 2.75) is 33.2 Å². The van der Waals surface area contributed by atoms with Gasteiger partial charge in [-0.25, -0.2) is 0 Å². The van der Waals surface area contributed by atoms with Gasteiger partial charge in [0.15, 0.2) is 0 Å². The lowest BCUT2D eigenvalue weighted by atomic mass is 9.91. The molecule has 1 atom stereocenters. The van der Waals surface area contributed by atoms with Crippen molar-refractivity contribution >= 4 is 0 Å². The predicted octanol–water partition coefficient (Wildman–Crippen LogP) is 2.61. The number of phenolic OH excluding ortho intramolecular Hbond substituents is 1. The molecule has 0 aliphatic carbocycles. The van der Waals surface area contributed by atoms with Crippen molar-refractivity contribution in [2.24, 2.45) is 11.7 Å². The molecule has 0 aromatic heterocycles. The maximum Gasteiger partial charge on any atom is 0.119 e. The molecule has 78 valence electrons. The molecule has 0 radical (unpaired) electrons. The molecular formula is C12H19NO. The number of benzene rings is 1. The zero-order valence-corrected chi connectivity index (χ0v) is 9.12. The second kappa shape index (κ2) is 4.47. The van der Waals surface area contributed by atoms with E-state index in [1.807, 2.05) is 19.1 Å². The summed E-state index contributed by atoms with van der Waals surface area (Å²) < 4.78 is 0. The highest BCUT2D eigenvalue weighted by Gasteiger charge is 2.15. The summed E-state index contributed by atoms with van der Waals surface area (Å²) in [5, 5.41) is 9.67. The van der Waals surface area contributed by atoms with Gasteiger partial charge >= 0.3 is 0 Å². The first-order valence-electron chi connectivity index (χ1n) is 5.14. The lowest BCUT2D eigenvalue weighted by molar-refractivity contribution is 0.460. The second-order valence-electron chi connectivity index (χ2n) is 3.97. The maximum absolute atomic E-state index is 9.67. The minimum absolute atomic E-state index is 0.0112. The fourth-order valence-electron chi connectivity index (χ4n) is 1.65. The first kappa shape index (κ1) is 11.1. The van der Waals surface area contributed by atoms with Crippen LogP contribution in [0.2, 0.25) is 0 Å². The van der Waals surface area contributed by atoms with Crippen molar-refractivity contribution in [1.82, 2.24) is 0 Å². The van der Waals surface area contributed by atoms with Crippen molar-refractivity contribution in [3.8, 4) is 5.75 Å². The number of hydrogen-bond acceptors (Lipinski definition) is 2. The second-order valence-corrected chi connectivity index (χ2v) is 3.97. The molecule has 14 heavy (non-hydrogen) atoms. The number of phenols is 1. The van der Waals surface area contributed by atoms with Gasteiger partial charge in [0.25, 0.3) is 0 Å². The zero-order chi connectivity index (χ0) is 10.7. The number of hydrogen-bond donors (Lipinski definition) is 2. The summed E-state index contributed by atoms with van der Waals surface area (Å²) in [5.74, 6) is 0.753. The van der Waals surface area contributed by atoms with Crippen LogP contribution >= 0.6 is 0 Å². The maximum atomic E-state index is 9.67. The first-order chi connectivity index (χ1) is 6.57. The Balaban J connectivity index is 3.13. The Morgan fingerprint density at radius 3 is 2.50 bits per heavy atom. The Hall–Kier alpha value is -1.02. The fraction of sp³-hybridized carbons (Fsp3) is 0.500. The van der Waals surface area contributed by atoms with Gasteiger partial charge in [-0.15, -0.1) is 0 Å². The summed E-state index contributed by atoms with van der Waals surface area (Å²) in [4.78, 5) is 0. The topological polar surface area (TPSA) is 46.2 Å². The number of nitrogens with two attached hydrogens (primary N) is 1. The molecule has 1 aromatic rings. The average molecular weight is 193 g/mol. The van der Waals surface area contributed by atoms with Crippen LogP contribution in [0.25, 0.3) is 0 Å². The van der Waals surface area contributed by atoms with Gasteiger partial charge in [0.1, 0.15) is 5.75 Å². The third kappa shape index (κ3) is 2.07. The van der Waals surface area contributed by atoms with E-state index in [1.165, 1.54) is 0 Å². The van der Waals surface area contributed by atoms with E-state index in [9.17, 15) is 5.11 Å². The molecule has 1 rings (SSSR count). The molecule has 0 aliphatic heterocycles. The monoisotopic (exact) mass is 193 g/mol. The van der Waals surface area contributed by atoms with Crippen molar-refractivity contribution < 1.29 is 5.11 Å². The standard InChI is InChI=1S/C12H19NO/c1-4-9-10(12(13)8(2)3)6-5-7-11(9)14/h5-8,12,14H,4,13H2,1-3H3/t12-/m1/s1. The van der Waals surface area contributed by atoms with Gasteiger partial charge in [0.05, 0.1) is 0 Å². The molecular weight excluding hydrogens is 174 g/mol. The highest BCUT2D eigenvalue weighted by atomic mass is 16.3. The lowest BCUT2D eigenvalue weighted by Crippen LogP contribution is -2.18. The molecule has 0 heterocycles. The quantitative estimate of drug-likeness (QED) is 0.775. The van der Waals surface area contributed by atoms with E-state index in [1.54, 1.807) is 6.07 Å². The Bertz CT molecular complexity index is 307. The number of aromatic hydroxyl groups is 1. The lowest BCUT2D eigenvalue weighted by Gasteiger charge is -2.19. The normalized spacial score (nSPS) is 13.2. The van der Waals surface area contributed by atoms with Crippen LogP contribution in [0.5, 0.6) is 5.75 Å². The molecule has 0 aliphatic rings. The molecule has 0 saturated heterocycles. The molecule has 3 N–H and O–H groups in total. The smallest absolute Gasteiger partial charge is 0.119 e. The summed E-state index contributed by atoms with van der Waals surface area (Å²) in [6.45, 7) is 6.22. The Labute approximate surface area is 85.8 Å². The van der Waals surface area contributed by atoms with Crippen molar-refractivity contribution in [2.75, 3.05) is 0 Å². The third-order valence-electron chi connectivity index (χ3n) is 2.62. The van der Waals surface area contributed by atoms with Crippen molar-refractivity contribution in [3.63, 3.8) is 0 Å². The van der Waals surface area contributed by atoms with Crippen LogP contribution in [-0.4, -0.2) is 5.11 Å². The largest absolute Gasteiger partial charge is 0.508 e. The minimum atomic E-state index is 0.0112. The minimum Gasteiger partial charge on any atom is -0.508 e.